The third-order valence-electron chi connectivity index (χ3n) is 7.59. The second-order valence-corrected chi connectivity index (χ2v) is 12.1. The Morgan fingerprint density at radius 1 is 1.06 bits per heavy atom. The molecule has 1 aliphatic heterocycles. The average Bonchev–Trinajstić information content (AvgIpc) is 3.33. The second kappa shape index (κ2) is 12.5. The molecule has 198 valence electrons. The largest absolute Gasteiger partial charge is 0.497 e. The number of carbonyl (C=O) groups is 1. The Morgan fingerprint density at radius 2 is 1.66 bits per heavy atom. The molecule has 35 heavy (non-hydrogen) atoms. The van der Waals surface area contributed by atoms with Crippen LogP contribution >= 0.6 is 0 Å². The van der Waals surface area contributed by atoms with E-state index in [1.807, 2.05) is 11.9 Å². The van der Waals surface area contributed by atoms with E-state index in [9.17, 15) is 13.2 Å². The zero-order chi connectivity index (χ0) is 25.6. The fraction of sp³-hybridized carbons (Fsp3) is 0.731. The Morgan fingerprint density at radius 3 is 2.23 bits per heavy atom. The molecule has 8 nitrogen and oxygen atoms in total. The maximum Gasteiger partial charge on any atom is 0.248 e. The van der Waals surface area contributed by atoms with E-state index in [0.29, 0.717) is 16.9 Å². The number of ether oxygens (including phenoxy) is 2. The van der Waals surface area contributed by atoms with Crippen molar-refractivity contribution in [2.75, 3.05) is 60.6 Å². The monoisotopic (exact) mass is 509 g/mol. The Balaban J connectivity index is 1.41. The van der Waals surface area contributed by atoms with Gasteiger partial charge in [0.25, 0.3) is 0 Å². The predicted molar refractivity (Wildman–Crippen MR) is 137 cm³/mol. The number of hydrogen-bond acceptors (Lipinski definition) is 6. The molecule has 1 saturated carbocycles. The summed E-state index contributed by atoms with van der Waals surface area (Å²) in [7, 11) is 1.29. The van der Waals surface area contributed by atoms with Gasteiger partial charge in [0.15, 0.2) is 0 Å². The highest BCUT2D eigenvalue weighted by atomic mass is 32.2. The van der Waals surface area contributed by atoms with E-state index in [-0.39, 0.29) is 36.6 Å². The molecule has 1 amide bonds. The SMILES string of the molecule is COc1cc(C)c(S(=O)(=O)N(C)CCOCC(=O)N(C)[C@H]2CC[C@@H](CN3CCCC3)CC2)c(C)c1. The number of benzene rings is 1. The molecule has 0 unspecified atom stereocenters. The molecule has 9 heteroatoms. The third-order valence-corrected chi connectivity index (χ3v) is 9.75. The number of amides is 1. The molecule has 0 bridgehead atoms. The number of hydrogen-bond donors (Lipinski definition) is 0. The molecule has 2 fully saturated rings. The van der Waals surface area contributed by atoms with Crippen LogP contribution in [0.5, 0.6) is 5.75 Å². The van der Waals surface area contributed by atoms with Gasteiger partial charge in [0.05, 0.1) is 18.6 Å². The van der Waals surface area contributed by atoms with E-state index in [2.05, 4.69) is 4.90 Å². The summed E-state index contributed by atoms with van der Waals surface area (Å²) in [5.41, 5.74) is 1.28. The van der Waals surface area contributed by atoms with E-state index in [0.717, 1.165) is 18.8 Å². The molecule has 0 radical (unpaired) electrons. The van der Waals surface area contributed by atoms with Crippen LogP contribution in [0.2, 0.25) is 0 Å². The molecule has 1 aromatic rings. The fourth-order valence-electron chi connectivity index (χ4n) is 5.41. The summed E-state index contributed by atoms with van der Waals surface area (Å²) in [5, 5.41) is 0. The maximum absolute atomic E-state index is 13.1. The van der Waals surface area contributed by atoms with Crippen molar-refractivity contribution in [1.82, 2.24) is 14.1 Å². The van der Waals surface area contributed by atoms with Crippen LogP contribution in [-0.4, -0.2) is 95.1 Å². The highest BCUT2D eigenvalue weighted by molar-refractivity contribution is 7.89. The molecule has 0 aromatic heterocycles. The Labute approximate surface area is 211 Å². The minimum Gasteiger partial charge on any atom is -0.497 e. The van der Waals surface area contributed by atoms with Gasteiger partial charge in [-0.2, -0.15) is 4.31 Å². The van der Waals surface area contributed by atoms with Crippen molar-refractivity contribution in [2.24, 2.45) is 5.92 Å². The molecule has 1 aromatic carbocycles. The minimum absolute atomic E-state index is 0.0291. The molecule has 3 rings (SSSR count). The topological polar surface area (TPSA) is 79.4 Å². The van der Waals surface area contributed by atoms with Crippen molar-refractivity contribution in [3.8, 4) is 5.75 Å². The summed E-state index contributed by atoms with van der Waals surface area (Å²) < 4.78 is 38.3. The molecular formula is C26H43N3O5S. The number of rotatable bonds is 11. The van der Waals surface area contributed by atoms with Gasteiger partial charge in [-0.15, -0.1) is 0 Å². The lowest BCUT2D eigenvalue weighted by Crippen LogP contribution is -2.42. The van der Waals surface area contributed by atoms with Gasteiger partial charge in [-0.1, -0.05) is 0 Å². The van der Waals surface area contributed by atoms with Crippen LogP contribution in [0, 0.1) is 19.8 Å². The Hall–Kier alpha value is -1.68. The van der Waals surface area contributed by atoms with Crippen LogP contribution in [0.4, 0.5) is 0 Å². The predicted octanol–water partition coefficient (Wildman–Crippen LogP) is 3.06. The van der Waals surface area contributed by atoms with Crippen LogP contribution in [0.1, 0.15) is 49.7 Å². The zero-order valence-electron chi connectivity index (χ0n) is 22.1. The quantitative estimate of drug-likeness (QED) is 0.427. The molecule has 0 N–H and O–H groups in total. The lowest BCUT2D eigenvalue weighted by atomic mass is 9.85. The van der Waals surface area contributed by atoms with Crippen molar-refractivity contribution in [3.63, 3.8) is 0 Å². The first kappa shape index (κ1) is 27.9. The van der Waals surface area contributed by atoms with Crippen molar-refractivity contribution in [2.45, 2.75) is 63.3 Å². The minimum atomic E-state index is -3.67. The van der Waals surface area contributed by atoms with Gasteiger partial charge < -0.3 is 19.3 Å². The number of aryl methyl sites for hydroxylation is 2. The number of sulfonamides is 1. The summed E-state index contributed by atoms with van der Waals surface area (Å²) in [5.74, 6) is 1.34. The van der Waals surface area contributed by atoms with Crippen molar-refractivity contribution >= 4 is 15.9 Å². The van der Waals surface area contributed by atoms with Crippen molar-refractivity contribution < 1.29 is 22.7 Å². The van der Waals surface area contributed by atoms with Crippen LogP contribution < -0.4 is 4.74 Å². The number of methoxy groups -OCH3 is 1. The summed E-state index contributed by atoms with van der Waals surface area (Å²) in [4.78, 5) is 17.4. The first-order chi connectivity index (χ1) is 16.6. The molecule has 1 heterocycles. The molecule has 2 aliphatic rings. The number of carbonyl (C=O) groups excluding carboxylic acids is 1. The summed E-state index contributed by atoms with van der Waals surface area (Å²) >= 11 is 0. The van der Waals surface area contributed by atoms with E-state index in [4.69, 9.17) is 9.47 Å². The molecule has 0 atom stereocenters. The van der Waals surface area contributed by atoms with E-state index in [1.165, 1.54) is 56.7 Å². The van der Waals surface area contributed by atoms with Crippen LogP contribution in [-0.2, 0) is 19.6 Å². The number of likely N-dealkylation sites (N-methyl/N-ethyl adjacent to an activating group) is 2. The molecule has 0 spiro atoms. The van der Waals surface area contributed by atoms with Gasteiger partial charge in [-0.05, 0) is 94.6 Å². The van der Waals surface area contributed by atoms with Crippen LogP contribution in [0.3, 0.4) is 0 Å². The highest BCUT2D eigenvalue weighted by Gasteiger charge is 2.29. The normalized spacial score (nSPS) is 21.4. The van der Waals surface area contributed by atoms with Gasteiger partial charge in [-0.3, -0.25) is 4.79 Å². The second-order valence-electron chi connectivity index (χ2n) is 10.2. The third kappa shape index (κ3) is 7.18. The summed E-state index contributed by atoms with van der Waals surface area (Å²) in [6.07, 6.45) is 7.09. The fourth-order valence-corrected chi connectivity index (χ4v) is 6.97. The zero-order valence-corrected chi connectivity index (χ0v) is 22.9. The van der Waals surface area contributed by atoms with Gasteiger partial charge in [0.1, 0.15) is 12.4 Å². The van der Waals surface area contributed by atoms with Crippen molar-refractivity contribution in [1.29, 1.82) is 0 Å². The van der Waals surface area contributed by atoms with Crippen LogP contribution in [0.25, 0.3) is 0 Å². The lowest BCUT2D eigenvalue weighted by molar-refractivity contribution is -0.137. The molecule has 1 aliphatic carbocycles. The summed E-state index contributed by atoms with van der Waals surface area (Å²) in [6, 6.07) is 3.71. The van der Waals surface area contributed by atoms with E-state index < -0.39 is 10.0 Å². The highest BCUT2D eigenvalue weighted by Crippen LogP contribution is 2.29. The lowest BCUT2D eigenvalue weighted by Gasteiger charge is -2.36. The molecule has 1 saturated heterocycles. The smallest absolute Gasteiger partial charge is 0.248 e. The van der Waals surface area contributed by atoms with Crippen molar-refractivity contribution in [3.05, 3.63) is 23.3 Å². The van der Waals surface area contributed by atoms with E-state index >= 15 is 0 Å². The number of likely N-dealkylation sites (tertiary alicyclic amines) is 1. The Kier molecular flexibility index (Phi) is 9.98. The average molecular weight is 510 g/mol. The standard InChI is InChI=1S/C26H43N3O5S/c1-20-16-24(33-5)17-21(2)26(20)35(31,32)27(3)14-15-34-19-25(30)28(4)23-10-8-22(9-11-23)18-29-12-6-7-13-29/h16-17,22-23H,6-15,18-19H2,1-5H3/t22-,23+. The van der Waals surface area contributed by atoms with Gasteiger partial charge in [-0.25, -0.2) is 8.42 Å². The maximum atomic E-state index is 13.1. The van der Waals surface area contributed by atoms with Crippen LogP contribution in [0.15, 0.2) is 17.0 Å². The van der Waals surface area contributed by atoms with E-state index in [1.54, 1.807) is 33.1 Å². The van der Waals surface area contributed by atoms with Gasteiger partial charge >= 0.3 is 0 Å². The number of nitrogens with zero attached hydrogens (tertiary/aromatic N) is 3. The van der Waals surface area contributed by atoms with Gasteiger partial charge in [0.2, 0.25) is 15.9 Å². The first-order valence-corrected chi connectivity index (χ1v) is 14.2. The Bertz CT molecular complexity index is 931. The molecular weight excluding hydrogens is 466 g/mol. The first-order valence-electron chi connectivity index (χ1n) is 12.8. The summed E-state index contributed by atoms with van der Waals surface area (Å²) in [6.45, 7) is 7.52. The van der Waals surface area contributed by atoms with Gasteiger partial charge in [0, 0.05) is 33.2 Å².